The van der Waals surface area contributed by atoms with Gasteiger partial charge in [-0.15, -0.1) is 0 Å². The van der Waals surface area contributed by atoms with Gasteiger partial charge in [-0.05, 0) is 81.1 Å². The minimum absolute atomic E-state index is 0.230. The Kier molecular flexibility index (Phi) is 15.3. The van der Waals surface area contributed by atoms with Crippen molar-refractivity contribution in [3.8, 4) is 0 Å². The number of carbonyl (C=O) groups excluding carboxylic acids is 2. The Balaban J connectivity index is 4.44. The van der Waals surface area contributed by atoms with Crippen LogP contribution >= 0.6 is 11.8 Å². The lowest BCUT2D eigenvalue weighted by Crippen LogP contribution is -2.51. The standard InChI is InChI=1S/C26H44N2O5S/c1-18(2)11-9-12-19(3)13-10-14-20(4)15-16-34-17-22(24(30)31)28-23(29)21(5)27-25(32)33-26(6,7)8/h11,13,15,21-22H,9-10,12,14,16-17H2,1-8H3,(H,27,32)(H,28,29)(H,30,31)/t21-,22-/m0/s1. The smallest absolute Gasteiger partial charge is 0.408 e. The highest BCUT2D eigenvalue weighted by Crippen LogP contribution is 2.13. The van der Waals surface area contributed by atoms with E-state index in [0.717, 1.165) is 25.7 Å². The number of allylic oxidation sites excluding steroid dienone is 5. The molecule has 0 bridgehead atoms. The van der Waals surface area contributed by atoms with Crippen LogP contribution in [0.5, 0.6) is 0 Å². The maximum Gasteiger partial charge on any atom is 0.408 e. The van der Waals surface area contributed by atoms with Crippen LogP contribution in [0.2, 0.25) is 0 Å². The van der Waals surface area contributed by atoms with Crippen molar-refractivity contribution in [2.45, 2.75) is 98.8 Å². The Bertz CT molecular complexity index is 762. The van der Waals surface area contributed by atoms with Crippen LogP contribution in [0.25, 0.3) is 0 Å². The Morgan fingerprint density at radius 1 is 0.941 bits per heavy atom. The zero-order chi connectivity index (χ0) is 26.3. The third kappa shape index (κ3) is 17.3. The van der Waals surface area contributed by atoms with Gasteiger partial charge in [0.1, 0.15) is 17.7 Å². The molecule has 0 fully saturated rings. The third-order valence-electron chi connectivity index (χ3n) is 4.70. The van der Waals surface area contributed by atoms with E-state index in [1.807, 2.05) is 0 Å². The van der Waals surface area contributed by atoms with Gasteiger partial charge in [0.05, 0.1) is 0 Å². The molecule has 0 unspecified atom stereocenters. The van der Waals surface area contributed by atoms with Crippen LogP contribution in [-0.2, 0) is 14.3 Å². The molecule has 0 heterocycles. The fraction of sp³-hybridized carbons (Fsp3) is 0.654. The normalized spacial score (nSPS) is 14.1. The molecule has 0 saturated heterocycles. The van der Waals surface area contributed by atoms with Crippen LogP contribution in [0.15, 0.2) is 34.9 Å². The summed E-state index contributed by atoms with van der Waals surface area (Å²) in [5.74, 6) is -0.787. The molecule has 34 heavy (non-hydrogen) atoms. The largest absolute Gasteiger partial charge is 0.480 e. The first-order chi connectivity index (χ1) is 15.7. The molecule has 2 amide bonds. The molecular formula is C26H44N2O5S. The number of aliphatic carboxylic acids is 1. The van der Waals surface area contributed by atoms with E-state index < -0.39 is 35.7 Å². The molecule has 8 heteroatoms. The van der Waals surface area contributed by atoms with E-state index in [1.54, 1.807) is 20.8 Å². The SMILES string of the molecule is CC(C)=CCCC(C)=CCCC(C)=CCSC[C@H](NC(=O)[C@H](C)NC(=O)OC(C)(C)C)C(=O)O. The summed E-state index contributed by atoms with van der Waals surface area (Å²) in [5, 5.41) is 14.3. The second-order valence-corrected chi connectivity index (χ2v) is 10.8. The van der Waals surface area contributed by atoms with E-state index in [0.29, 0.717) is 5.75 Å². The van der Waals surface area contributed by atoms with E-state index in [4.69, 9.17) is 4.74 Å². The highest BCUT2D eigenvalue weighted by atomic mass is 32.2. The number of rotatable bonds is 14. The van der Waals surface area contributed by atoms with Crippen molar-refractivity contribution >= 4 is 29.7 Å². The monoisotopic (exact) mass is 496 g/mol. The second-order valence-electron chi connectivity index (χ2n) is 9.76. The summed E-state index contributed by atoms with van der Waals surface area (Å²) in [7, 11) is 0. The van der Waals surface area contributed by atoms with E-state index in [-0.39, 0.29) is 5.75 Å². The summed E-state index contributed by atoms with van der Waals surface area (Å²) < 4.78 is 5.12. The highest BCUT2D eigenvalue weighted by Gasteiger charge is 2.25. The summed E-state index contributed by atoms with van der Waals surface area (Å²) in [4.78, 5) is 35.6. The Hall–Kier alpha value is -2.22. The highest BCUT2D eigenvalue weighted by molar-refractivity contribution is 7.99. The van der Waals surface area contributed by atoms with Crippen molar-refractivity contribution in [2.75, 3.05) is 11.5 Å². The predicted molar refractivity (Wildman–Crippen MR) is 141 cm³/mol. The van der Waals surface area contributed by atoms with E-state index in [1.165, 1.54) is 35.4 Å². The lowest BCUT2D eigenvalue weighted by Gasteiger charge is -2.22. The molecule has 0 saturated carbocycles. The van der Waals surface area contributed by atoms with Gasteiger partial charge in [0.2, 0.25) is 5.91 Å². The number of amides is 2. The molecule has 0 aliphatic carbocycles. The lowest BCUT2D eigenvalue weighted by molar-refractivity contribution is -0.141. The Morgan fingerprint density at radius 3 is 2.03 bits per heavy atom. The van der Waals surface area contributed by atoms with Crippen LogP contribution in [-0.4, -0.2) is 52.3 Å². The molecule has 0 radical (unpaired) electrons. The first-order valence-electron chi connectivity index (χ1n) is 11.8. The minimum atomic E-state index is -1.11. The zero-order valence-electron chi connectivity index (χ0n) is 22.1. The van der Waals surface area contributed by atoms with Gasteiger partial charge < -0.3 is 20.5 Å². The number of hydrogen-bond donors (Lipinski definition) is 3. The third-order valence-corrected chi connectivity index (χ3v) is 5.67. The number of hydrogen-bond acceptors (Lipinski definition) is 5. The lowest BCUT2D eigenvalue weighted by atomic mass is 10.1. The van der Waals surface area contributed by atoms with Crippen LogP contribution in [0.4, 0.5) is 4.79 Å². The number of carboxylic acids is 1. The molecule has 0 rings (SSSR count). The first kappa shape index (κ1) is 31.8. The number of thioether (sulfide) groups is 1. The number of carboxylic acid groups (broad SMARTS) is 1. The van der Waals surface area contributed by atoms with Gasteiger partial charge in [0.15, 0.2) is 0 Å². The van der Waals surface area contributed by atoms with E-state index in [2.05, 4.69) is 56.6 Å². The van der Waals surface area contributed by atoms with E-state index >= 15 is 0 Å². The second kappa shape index (κ2) is 16.4. The quantitative estimate of drug-likeness (QED) is 0.213. The van der Waals surface area contributed by atoms with Crippen LogP contribution in [0, 0.1) is 0 Å². The maximum absolute atomic E-state index is 12.3. The van der Waals surface area contributed by atoms with Crippen LogP contribution in [0.3, 0.4) is 0 Å². The number of alkyl carbamates (subject to hydrolysis) is 1. The molecule has 2 atom stereocenters. The van der Waals surface area contributed by atoms with E-state index in [9.17, 15) is 19.5 Å². The fourth-order valence-electron chi connectivity index (χ4n) is 2.75. The Morgan fingerprint density at radius 2 is 1.50 bits per heavy atom. The fourth-order valence-corrected chi connectivity index (χ4v) is 3.75. The van der Waals surface area contributed by atoms with Gasteiger partial charge >= 0.3 is 12.1 Å². The molecule has 0 aliphatic rings. The first-order valence-corrected chi connectivity index (χ1v) is 12.9. The molecule has 0 aromatic rings. The van der Waals surface area contributed by atoms with Crippen molar-refractivity contribution in [3.63, 3.8) is 0 Å². The molecule has 0 spiro atoms. The number of nitrogens with one attached hydrogen (secondary N) is 2. The summed E-state index contributed by atoms with van der Waals surface area (Å²) in [6.45, 7) is 15.1. The van der Waals surface area contributed by atoms with Crippen molar-refractivity contribution in [3.05, 3.63) is 34.9 Å². The van der Waals surface area contributed by atoms with Crippen molar-refractivity contribution in [1.29, 1.82) is 0 Å². The van der Waals surface area contributed by atoms with Crippen LogP contribution in [0.1, 0.15) is 81.1 Å². The van der Waals surface area contributed by atoms with Crippen molar-refractivity contribution < 1.29 is 24.2 Å². The summed E-state index contributed by atoms with van der Waals surface area (Å²) in [6.07, 6.45) is 10.0. The molecule has 0 aliphatic heterocycles. The molecule has 0 aromatic heterocycles. The van der Waals surface area contributed by atoms with Gasteiger partial charge in [0.25, 0.3) is 0 Å². The summed E-state index contributed by atoms with van der Waals surface area (Å²) >= 11 is 1.44. The number of carbonyl (C=O) groups is 3. The predicted octanol–water partition coefficient (Wildman–Crippen LogP) is 5.62. The average Bonchev–Trinajstić information content (AvgIpc) is 2.67. The zero-order valence-corrected chi connectivity index (χ0v) is 22.9. The van der Waals surface area contributed by atoms with Crippen molar-refractivity contribution in [1.82, 2.24) is 10.6 Å². The van der Waals surface area contributed by atoms with Gasteiger partial charge in [-0.2, -0.15) is 11.8 Å². The molecule has 7 nitrogen and oxygen atoms in total. The average molecular weight is 497 g/mol. The Labute approximate surface area is 209 Å². The molecule has 3 N–H and O–H groups in total. The molecule has 194 valence electrons. The molecule has 0 aromatic carbocycles. The molecular weight excluding hydrogens is 452 g/mol. The van der Waals surface area contributed by atoms with Gasteiger partial charge in [0, 0.05) is 11.5 Å². The van der Waals surface area contributed by atoms with Gasteiger partial charge in [-0.1, -0.05) is 34.9 Å². The summed E-state index contributed by atoms with van der Waals surface area (Å²) in [5.41, 5.74) is 3.31. The van der Waals surface area contributed by atoms with Gasteiger partial charge in [-0.25, -0.2) is 9.59 Å². The summed E-state index contributed by atoms with van der Waals surface area (Å²) in [6, 6.07) is -1.96. The topological polar surface area (TPSA) is 105 Å². The van der Waals surface area contributed by atoms with Crippen molar-refractivity contribution in [2.24, 2.45) is 0 Å². The number of ether oxygens (including phenoxy) is 1. The van der Waals surface area contributed by atoms with Crippen LogP contribution < -0.4 is 10.6 Å². The maximum atomic E-state index is 12.3. The van der Waals surface area contributed by atoms with Gasteiger partial charge in [-0.3, -0.25) is 4.79 Å². The minimum Gasteiger partial charge on any atom is -0.480 e.